The minimum atomic E-state index is 0.826. The maximum absolute atomic E-state index is 7.21. The van der Waals surface area contributed by atoms with E-state index in [0.717, 1.165) is 22.9 Å². The van der Waals surface area contributed by atoms with Gasteiger partial charge in [0.2, 0.25) is 0 Å². The summed E-state index contributed by atoms with van der Waals surface area (Å²) < 4.78 is 0. The Balaban J connectivity index is 1.35. The third-order valence-corrected chi connectivity index (χ3v) is 13.2. The molecule has 0 saturated carbocycles. The average molecular weight is 748 g/mol. The van der Waals surface area contributed by atoms with Gasteiger partial charge in [-0.15, -0.1) is 22.7 Å². The van der Waals surface area contributed by atoms with Crippen LogP contribution in [-0.4, -0.2) is 0 Å². The topological polar surface area (TPSA) is 0 Å². The van der Waals surface area contributed by atoms with Gasteiger partial charge in [0.05, 0.1) is 0 Å². The van der Waals surface area contributed by atoms with Gasteiger partial charge in [0.1, 0.15) is 0 Å². The SMILES string of the molecule is CCCCCCCCCCCCc1ccsc1-c1c2cccc(Cl)c2c(-c2sccc2CCCCCCCCCCCC)c2cccc(Cl)c12. The maximum Gasteiger partial charge on any atom is 0.0491 e. The molecule has 5 rings (SSSR count). The van der Waals surface area contributed by atoms with E-state index in [-0.39, 0.29) is 0 Å². The lowest BCUT2D eigenvalue weighted by molar-refractivity contribution is 0.556. The summed E-state index contributed by atoms with van der Waals surface area (Å²) in [6.07, 6.45) is 29.4. The Kier molecular flexibility index (Phi) is 17.0. The molecule has 2 aromatic heterocycles. The molecular weight excluding hydrogens is 688 g/mol. The highest BCUT2D eigenvalue weighted by Gasteiger charge is 2.24. The Morgan fingerprint density at radius 3 is 1.12 bits per heavy atom. The lowest BCUT2D eigenvalue weighted by Crippen LogP contribution is -1.94. The van der Waals surface area contributed by atoms with Gasteiger partial charge >= 0.3 is 0 Å². The van der Waals surface area contributed by atoms with Crippen molar-refractivity contribution < 1.29 is 0 Å². The van der Waals surface area contributed by atoms with Crippen molar-refractivity contribution in [3.05, 3.63) is 80.5 Å². The molecule has 0 bridgehead atoms. The standard InChI is InChI=1S/C46H60Cl2S2/c1-3-5-7-9-11-13-15-17-19-21-25-35-31-33-49-45(35)43-37-27-23-30-40(48)42(37)44(38-28-24-29-39(47)41(38)43)46-36(32-34-50-46)26-22-20-18-16-14-12-10-8-6-4-2/h23-24,27-34H,3-22,25-26H2,1-2H3. The van der Waals surface area contributed by atoms with Gasteiger partial charge in [0, 0.05) is 41.7 Å². The third-order valence-electron chi connectivity index (χ3n) is 10.6. The lowest BCUT2D eigenvalue weighted by atomic mass is 9.88. The Morgan fingerprint density at radius 2 is 0.760 bits per heavy atom. The van der Waals surface area contributed by atoms with Crippen LogP contribution in [0.15, 0.2) is 59.3 Å². The first-order chi connectivity index (χ1) is 24.7. The molecule has 0 N–H and O–H groups in total. The fourth-order valence-corrected chi connectivity index (χ4v) is 10.4. The Hall–Kier alpha value is -1.84. The number of hydrogen-bond donors (Lipinski definition) is 0. The van der Waals surface area contributed by atoms with Crippen LogP contribution in [0.25, 0.3) is 42.4 Å². The second kappa shape index (κ2) is 21.6. The summed E-state index contributed by atoms with van der Waals surface area (Å²) in [4.78, 5) is 2.71. The van der Waals surface area contributed by atoms with E-state index in [0.29, 0.717) is 0 Å². The van der Waals surface area contributed by atoms with Crippen molar-refractivity contribution in [1.29, 1.82) is 0 Å². The van der Waals surface area contributed by atoms with Gasteiger partial charge in [-0.1, -0.05) is 177 Å². The first kappa shape index (κ1) is 39.4. The molecule has 0 radical (unpaired) electrons. The number of hydrogen-bond acceptors (Lipinski definition) is 2. The second-order valence-corrected chi connectivity index (χ2v) is 17.1. The fourth-order valence-electron chi connectivity index (χ4n) is 7.82. The van der Waals surface area contributed by atoms with E-state index in [9.17, 15) is 0 Å². The molecule has 270 valence electrons. The van der Waals surface area contributed by atoms with E-state index in [1.54, 1.807) is 0 Å². The highest BCUT2D eigenvalue weighted by atomic mass is 35.5. The fraction of sp³-hybridized carbons (Fsp3) is 0.522. The summed E-state index contributed by atoms with van der Waals surface area (Å²) in [5, 5.41) is 11.0. The van der Waals surface area contributed by atoms with Gasteiger partial charge < -0.3 is 0 Å². The smallest absolute Gasteiger partial charge is 0.0491 e. The summed E-state index contributed by atoms with van der Waals surface area (Å²) >= 11 is 18.1. The molecule has 0 fully saturated rings. The molecule has 50 heavy (non-hydrogen) atoms. The predicted octanol–water partition coefficient (Wildman–Crippen LogP) is 17.7. The molecule has 0 saturated heterocycles. The minimum absolute atomic E-state index is 0.826. The van der Waals surface area contributed by atoms with E-state index >= 15 is 0 Å². The third kappa shape index (κ3) is 10.6. The molecular formula is C46H60Cl2S2. The number of aryl methyl sites for hydroxylation is 2. The minimum Gasteiger partial charge on any atom is -0.143 e. The summed E-state index contributed by atoms with van der Waals surface area (Å²) in [7, 11) is 0. The average Bonchev–Trinajstić information content (AvgIpc) is 3.79. The van der Waals surface area contributed by atoms with Gasteiger partial charge in [0.25, 0.3) is 0 Å². The zero-order chi connectivity index (χ0) is 35.0. The normalized spacial score (nSPS) is 11.8. The van der Waals surface area contributed by atoms with Gasteiger partial charge in [-0.3, -0.25) is 0 Å². The predicted molar refractivity (Wildman–Crippen MR) is 229 cm³/mol. The van der Waals surface area contributed by atoms with Crippen molar-refractivity contribution in [2.75, 3.05) is 0 Å². The van der Waals surface area contributed by atoms with Gasteiger partial charge in [-0.05, 0) is 82.6 Å². The van der Waals surface area contributed by atoms with Crippen LogP contribution in [0, 0.1) is 0 Å². The largest absolute Gasteiger partial charge is 0.143 e. The second-order valence-electron chi connectivity index (χ2n) is 14.5. The van der Waals surface area contributed by atoms with Crippen LogP contribution in [0.5, 0.6) is 0 Å². The molecule has 0 unspecified atom stereocenters. The molecule has 2 heterocycles. The van der Waals surface area contributed by atoms with E-state index in [1.165, 1.54) is 182 Å². The molecule has 5 aromatic rings. The zero-order valence-electron chi connectivity index (χ0n) is 30.9. The maximum atomic E-state index is 7.21. The summed E-state index contributed by atoms with van der Waals surface area (Å²) in [6.45, 7) is 4.59. The van der Waals surface area contributed by atoms with Crippen molar-refractivity contribution in [2.45, 2.75) is 155 Å². The van der Waals surface area contributed by atoms with Crippen molar-refractivity contribution in [1.82, 2.24) is 0 Å². The number of thiophene rings is 2. The molecule has 4 heteroatoms. The van der Waals surface area contributed by atoms with Crippen molar-refractivity contribution in [2.24, 2.45) is 0 Å². The highest BCUT2D eigenvalue weighted by Crippen LogP contribution is 2.51. The van der Waals surface area contributed by atoms with Crippen LogP contribution in [-0.2, 0) is 12.8 Å². The molecule has 0 aliphatic carbocycles. The zero-order valence-corrected chi connectivity index (χ0v) is 34.0. The molecule has 3 aromatic carbocycles. The number of benzene rings is 3. The van der Waals surface area contributed by atoms with Crippen molar-refractivity contribution in [3.63, 3.8) is 0 Å². The van der Waals surface area contributed by atoms with Crippen molar-refractivity contribution in [3.8, 4) is 20.9 Å². The first-order valence-electron chi connectivity index (χ1n) is 20.1. The van der Waals surface area contributed by atoms with Crippen LogP contribution in [0.4, 0.5) is 0 Å². The van der Waals surface area contributed by atoms with E-state index in [1.807, 2.05) is 22.7 Å². The quantitative estimate of drug-likeness (QED) is 0.0436. The highest BCUT2D eigenvalue weighted by molar-refractivity contribution is 7.14. The molecule has 0 amide bonds. The number of unbranched alkanes of at least 4 members (excludes halogenated alkanes) is 18. The Bertz CT molecular complexity index is 1600. The Labute approximate surface area is 322 Å². The van der Waals surface area contributed by atoms with Gasteiger partial charge in [-0.2, -0.15) is 0 Å². The van der Waals surface area contributed by atoms with E-state index < -0.39 is 0 Å². The molecule has 0 spiro atoms. The van der Waals surface area contributed by atoms with E-state index in [2.05, 4.69) is 73.1 Å². The summed E-state index contributed by atoms with van der Waals surface area (Å²) in [6, 6.07) is 17.6. The molecule has 0 nitrogen and oxygen atoms in total. The van der Waals surface area contributed by atoms with Crippen LogP contribution in [0.3, 0.4) is 0 Å². The monoisotopic (exact) mass is 746 g/mol. The molecule has 0 atom stereocenters. The van der Waals surface area contributed by atoms with Crippen LogP contribution in [0.2, 0.25) is 10.0 Å². The van der Waals surface area contributed by atoms with Gasteiger partial charge in [-0.25, -0.2) is 0 Å². The number of halogens is 2. The molecule has 0 aliphatic heterocycles. The summed E-state index contributed by atoms with van der Waals surface area (Å²) in [5.74, 6) is 0. The Morgan fingerprint density at radius 1 is 0.420 bits per heavy atom. The van der Waals surface area contributed by atoms with Crippen LogP contribution < -0.4 is 0 Å². The summed E-state index contributed by atoms with van der Waals surface area (Å²) in [5.41, 5.74) is 5.42. The number of rotatable bonds is 24. The lowest BCUT2D eigenvalue weighted by Gasteiger charge is -2.19. The molecule has 0 aliphatic rings. The van der Waals surface area contributed by atoms with Crippen molar-refractivity contribution >= 4 is 67.4 Å². The first-order valence-corrected chi connectivity index (χ1v) is 22.6. The van der Waals surface area contributed by atoms with E-state index in [4.69, 9.17) is 23.2 Å². The van der Waals surface area contributed by atoms with Crippen LogP contribution in [0.1, 0.15) is 153 Å². The van der Waals surface area contributed by atoms with Crippen LogP contribution >= 0.6 is 45.9 Å². The number of fused-ring (bicyclic) bond motifs is 2. The van der Waals surface area contributed by atoms with Gasteiger partial charge in [0.15, 0.2) is 0 Å².